The third kappa shape index (κ3) is 4.89. The number of carbonyl (C=O) groups excluding carboxylic acids is 1. The molecule has 0 aliphatic carbocycles. The van der Waals surface area contributed by atoms with Crippen LogP contribution >= 0.6 is 0 Å². The second-order valence-corrected chi connectivity index (χ2v) is 3.59. The van der Waals surface area contributed by atoms with Gasteiger partial charge in [-0.2, -0.15) is 4.89 Å². The zero-order valence-corrected chi connectivity index (χ0v) is 9.46. The van der Waals surface area contributed by atoms with E-state index in [-0.39, 0.29) is 6.10 Å². The first-order chi connectivity index (χ1) is 7.86. The third-order valence-electron chi connectivity index (χ3n) is 2.35. The van der Waals surface area contributed by atoms with Crippen LogP contribution in [0.5, 0.6) is 0 Å². The van der Waals surface area contributed by atoms with Crippen molar-refractivity contribution in [1.82, 2.24) is 4.98 Å². The lowest BCUT2D eigenvalue weighted by Gasteiger charge is -2.13. The van der Waals surface area contributed by atoms with Crippen molar-refractivity contribution in [3.63, 3.8) is 0 Å². The topological polar surface area (TPSA) is 48.4 Å². The zero-order chi connectivity index (χ0) is 11.6. The molecule has 0 amide bonds. The Morgan fingerprint density at radius 2 is 2.12 bits per heavy atom. The number of aromatic nitrogens is 1. The molecule has 0 saturated carbocycles. The summed E-state index contributed by atoms with van der Waals surface area (Å²) in [4.78, 5) is 23.3. The molecule has 0 radical (unpaired) electrons. The summed E-state index contributed by atoms with van der Waals surface area (Å²) in [7, 11) is 0. The number of rotatable bonds is 8. The van der Waals surface area contributed by atoms with Crippen molar-refractivity contribution < 1.29 is 14.6 Å². The first-order valence-corrected chi connectivity index (χ1v) is 5.51. The molecule has 1 atom stereocenters. The van der Waals surface area contributed by atoms with Crippen molar-refractivity contribution in [2.24, 2.45) is 0 Å². The quantitative estimate of drug-likeness (QED) is 0.385. The first-order valence-electron chi connectivity index (χ1n) is 5.51. The average Bonchev–Trinajstić information content (AvgIpc) is 2.34. The van der Waals surface area contributed by atoms with Crippen LogP contribution in [0.25, 0.3) is 0 Å². The molecule has 1 aromatic rings. The van der Waals surface area contributed by atoms with Crippen LogP contribution in [0.1, 0.15) is 31.7 Å². The molecule has 0 saturated heterocycles. The van der Waals surface area contributed by atoms with Gasteiger partial charge in [0.2, 0.25) is 0 Å². The summed E-state index contributed by atoms with van der Waals surface area (Å²) in [5.74, 6) is 0. The second-order valence-electron chi connectivity index (χ2n) is 3.59. The average molecular weight is 223 g/mol. The molecule has 1 heterocycles. The highest BCUT2D eigenvalue weighted by atomic mass is 17.2. The van der Waals surface area contributed by atoms with Crippen LogP contribution in [0.15, 0.2) is 24.5 Å². The largest absolute Gasteiger partial charge is 0.330 e. The fourth-order valence-corrected chi connectivity index (χ4v) is 1.54. The van der Waals surface area contributed by atoms with E-state index in [1.807, 2.05) is 12.1 Å². The molecule has 0 aliphatic heterocycles. The maximum Gasteiger partial charge on any atom is 0.330 e. The Hall–Kier alpha value is -1.42. The van der Waals surface area contributed by atoms with Crippen molar-refractivity contribution >= 4 is 6.47 Å². The van der Waals surface area contributed by atoms with Gasteiger partial charge in [0.1, 0.15) is 6.10 Å². The van der Waals surface area contributed by atoms with E-state index in [9.17, 15) is 4.79 Å². The molecular formula is C12H17NO3. The van der Waals surface area contributed by atoms with Gasteiger partial charge in [0.25, 0.3) is 0 Å². The van der Waals surface area contributed by atoms with Crippen molar-refractivity contribution in [2.75, 3.05) is 0 Å². The maximum absolute atomic E-state index is 10.0. The van der Waals surface area contributed by atoms with Crippen LogP contribution in [0.2, 0.25) is 0 Å². The van der Waals surface area contributed by atoms with E-state index in [0.29, 0.717) is 6.47 Å². The van der Waals surface area contributed by atoms with Gasteiger partial charge in [0.15, 0.2) is 0 Å². The van der Waals surface area contributed by atoms with E-state index < -0.39 is 0 Å². The van der Waals surface area contributed by atoms with Crippen LogP contribution in [0.3, 0.4) is 0 Å². The zero-order valence-electron chi connectivity index (χ0n) is 9.46. The lowest BCUT2D eigenvalue weighted by molar-refractivity contribution is -0.288. The van der Waals surface area contributed by atoms with Gasteiger partial charge in [-0.3, -0.25) is 9.78 Å². The van der Waals surface area contributed by atoms with Crippen molar-refractivity contribution in [3.8, 4) is 0 Å². The standard InChI is InChI=1S/C12H17NO3/c1-2-3-12(16-15-10-14)5-4-11-6-8-13-9-7-11/h6-10,12H,2-5H2,1H3. The Balaban J connectivity index is 2.34. The molecule has 0 bridgehead atoms. The van der Waals surface area contributed by atoms with E-state index >= 15 is 0 Å². The lowest BCUT2D eigenvalue weighted by atomic mass is 10.1. The fourth-order valence-electron chi connectivity index (χ4n) is 1.54. The van der Waals surface area contributed by atoms with E-state index in [4.69, 9.17) is 4.89 Å². The van der Waals surface area contributed by atoms with Gasteiger partial charge in [0.05, 0.1) is 0 Å². The SMILES string of the molecule is CCCC(CCc1ccncc1)OOC=O. The summed E-state index contributed by atoms with van der Waals surface area (Å²) in [6.45, 7) is 2.39. The molecule has 0 N–H and O–H groups in total. The van der Waals surface area contributed by atoms with Crippen LogP contribution in [0.4, 0.5) is 0 Å². The molecule has 88 valence electrons. The molecule has 0 aliphatic rings. The lowest BCUT2D eigenvalue weighted by Crippen LogP contribution is -2.14. The number of hydrogen-bond donors (Lipinski definition) is 0. The predicted molar refractivity (Wildman–Crippen MR) is 59.5 cm³/mol. The first kappa shape index (κ1) is 12.6. The molecule has 0 spiro atoms. The Morgan fingerprint density at radius 3 is 2.75 bits per heavy atom. The van der Waals surface area contributed by atoms with E-state index in [1.165, 1.54) is 5.56 Å². The van der Waals surface area contributed by atoms with Gasteiger partial charge in [-0.1, -0.05) is 13.3 Å². The van der Waals surface area contributed by atoms with Gasteiger partial charge < -0.3 is 4.89 Å². The van der Waals surface area contributed by atoms with E-state index in [1.54, 1.807) is 12.4 Å². The monoisotopic (exact) mass is 223 g/mol. The summed E-state index contributed by atoms with van der Waals surface area (Å²) in [6.07, 6.45) is 7.15. The number of hydrogen-bond acceptors (Lipinski definition) is 4. The summed E-state index contributed by atoms with van der Waals surface area (Å²) < 4.78 is 0. The van der Waals surface area contributed by atoms with E-state index in [2.05, 4.69) is 16.8 Å². The maximum atomic E-state index is 10.0. The van der Waals surface area contributed by atoms with Crippen molar-refractivity contribution in [2.45, 2.75) is 38.7 Å². The summed E-state index contributed by atoms with van der Waals surface area (Å²) in [5.41, 5.74) is 1.21. The third-order valence-corrected chi connectivity index (χ3v) is 2.35. The predicted octanol–water partition coefficient (Wildman–Crippen LogP) is 2.29. The number of aryl methyl sites for hydroxylation is 1. The Morgan fingerprint density at radius 1 is 1.38 bits per heavy atom. The molecule has 16 heavy (non-hydrogen) atoms. The minimum atomic E-state index is -0.0247. The highest BCUT2D eigenvalue weighted by molar-refractivity contribution is 5.35. The normalized spacial score (nSPS) is 12.1. The molecule has 1 unspecified atom stereocenters. The van der Waals surface area contributed by atoms with Gasteiger partial charge in [-0.25, -0.2) is 0 Å². The second kappa shape index (κ2) is 7.82. The van der Waals surface area contributed by atoms with Crippen LogP contribution in [-0.4, -0.2) is 17.6 Å². The molecule has 4 heteroatoms. The number of carbonyl (C=O) groups is 1. The Kier molecular flexibility index (Phi) is 6.18. The van der Waals surface area contributed by atoms with Gasteiger partial charge in [0, 0.05) is 12.4 Å². The molecule has 4 nitrogen and oxygen atoms in total. The highest BCUT2D eigenvalue weighted by Crippen LogP contribution is 2.11. The fraction of sp³-hybridized carbons (Fsp3) is 0.500. The van der Waals surface area contributed by atoms with Gasteiger partial charge in [-0.15, -0.1) is 0 Å². The molecule has 0 fully saturated rings. The summed E-state index contributed by atoms with van der Waals surface area (Å²) in [6, 6.07) is 3.95. The van der Waals surface area contributed by atoms with Crippen LogP contribution in [-0.2, 0) is 21.0 Å². The number of nitrogens with zero attached hydrogens (tertiary/aromatic N) is 1. The minimum absolute atomic E-state index is 0.0247. The van der Waals surface area contributed by atoms with Gasteiger partial charge >= 0.3 is 6.47 Å². The minimum Gasteiger partial charge on any atom is -0.302 e. The van der Waals surface area contributed by atoms with Crippen LogP contribution in [0, 0.1) is 0 Å². The summed E-state index contributed by atoms with van der Waals surface area (Å²) >= 11 is 0. The Labute approximate surface area is 95.5 Å². The molecule has 1 rings (SSSR count). The highest BCUT2D eigenvalue weighted by Gasteiger charge is 2.09. The number of pyridine rings is 1. The Bertz CT molecular complexity index is 290. The molecule has 1 aromatic heterocycles. The molecular weight excluding hydrogens is 206 g/mol. The summed E-state index contributed by atoms with van der Waals surface area (Å²) in [5, 5.41) is 0. The van der Waals surface area contributed by atoms with Crippen LogP contribution < -0.4 is 0 Å². The van der Waals surface area contributed by atoms with Crippen molar-refractivity contribution in [3.05, 3.63) is 30.1 Å². The van der Waals surface area contributed by atoms with E-state index in [0.717, 1.165) is 25.7 Å². The smallest absolute Gasteiger partial charge is 0.302 e. The van der Waals surface area contributed by atoms with Crippen molar-refractivity contribution in [1.29, 1.82) is 0 Å². The van der Waals surface area contributed by atoms with Gasteiger partial charge in [-0.05, 0) is 37.0 Å². The molecule has 0 aromatic carbocycles.